The summed E-state index contributed by atoms with van der Waals surface area (Å²) in [4.78, 5) is 3.95. The molecule has 0 radical (unpaired) electrons. The third-order valence-corrected chi connectivity index (χ3v) is 4.37. The molecule has 0 aromatic carbocycles. The smallest absolute Gasteiger partial charge is 0.242 e. The van der Waals surface area contributed by atoms with E-state index in [-0.39, 0.29) is 17.5 Å². The Balaban J connectivity index is 2.16. The summed E-state index contributed by atoms with van der Waals surface area (Å²) in [6.07, 6.45) is 4.06. The van der Waals surface area contributed by atoms with E-state index in [4.69, 9.17) is 9.84 Å². The van der Waals surface area contributed by atoms with Gasteiger partial charge in [0.15, 0.2) is 0 Å². The van der Waals surface area contributed by atoms with Crippen LogP contribution in [0.5, 0.6) is 0 Å². The van der Waals surface area contributed by atoms with Crippen molar-refractivity contribution in [2.75, 3.05) is 19.8 Å². The van der Waals surface area contributed by atoms with Gasteiger partial charge in [-0.1, -0.05) is 11.8 Å². The lowest BCUT2D eigenvalue weighted by atomic mass is 10.1. The number of rotatable bonds is 3. The molecular formula is C13H16N2O4S. The van der Waals surface area contributed by atoms with Gasteiger partial charge in [0.2, 0.25) is 10.0 Å². The highest BCUT2D eigenvalue weighted by molar-refractivity contribution is 7.89. The van der Waals surface area contributed by atoms with Crippen molar-refractivity contribution >= 4 is 10.0 Å². The van der Waals surface area contributed by atoms with Crippen molar-refractivity contribution in [2.24, 2.45) is 0 Å². The minimum absolute atomic E-state index is 0.0775. The molecule has 0 unspecified atom stereocenters. The minimum Gasteiger partial charge on any atom is -0.384 e. The first-order valence-electron chi connectivity index (χ1n) is 6.26. The van der Waals surface area contributed by atoms with Gasteiger partial charge in [-0.3, -0.25) is 4.98 Å². The van der Waals surface area contributed by atoms with Crippen LogP contribution in [0.25, 0.3) is 0 Å². The van der Waals surface area contributed by atoms with Gasteiger partial charge in [-0.25, -0.2) is 13.1 Å². The van der Waals surface area contributed by atoms with Crippen LogP contribution in [-0.2, 0) is 14.8 Å². The standard InChI is InChI=1S/C13H16N2O4S/c16-5-1-2-11-8-13(10-14-9-11)20(17,18)15-12-3-6-19-7-4-12/h8-10,12,15-16H,3-7H2. The molecule has 0 saturated carbocycles. The fourth-order valence-electron chi connectivity index (χ4n) is 1.88. The lowest BCUT2D eigenvalue weighted by molar-refractivity contribution is 0.0832. The zero-order chi connectivity index (χ0) is 14.4. The summed E-state index contributed by atoms with van der Waals surface area (Å²) in [5.41, 5.74) is 0.453. The van der Waals surface area contributed by atoms with Gasteiger partial charge in [-0.15, -0.1) is 0 Å². The van der Waals surface area contributed by atoms with E-state index in [1.54, 1.807) is 0 Å². The van der Waals surface area contributed by atoms with E-state index in [9.17, 15) is 8.42 Å². The number of hydrogen-bond acceptors (Lipinski definition) is 5. The first-order valence-corrected chi connectivity index (χ1v) is 7.75. The highest BCUT2D eigenvalue weighted by atomic mass is 32.2. The molecule has 1 aromatic heterocycles. The molecule has 0 spiro atoms. The number of pyridine rings is 1. The van der Waals surface area contributed by atoms with Gasteiger partial charge >= 0.3 is 0 Å². The lowest BCUT2D eigenvalue weighted by Gasteiger charge is -2.22. The van der Waals surface area contributed by atoms with E-state index in [0.717, 1.165) is 0 Å². The first-order chi connectivity index (χ1) is 9.62. The molecular weight excluding hydrogens is 280 g/mol. The van der Waals surface area contributed by atoms with Crippen LogP contribution in [0.15, 0.2) is 23.4 Å². The number of sulfonamides is 1. The maximum absolute atomic E-state index is 12.2. The lowest BCUT2D eigenvalue weighted by Crippen LogP contribution is -2.38. The minimum atomic E-state index is -3.61. The Morgan fingerprint density at radius 2 is 2.15 bits per heavy atom. The van der Waals surface area contributed by atoms with Crippen LogP contribution in [0.2, 0.25) is 0 Å². The fourth-order valence-corrected chi connectivity index (χ4v) is 3.17. The second-order valence-corrected chi connectivity index (χ2v) is 6.09. The predicted octanol–water partition coefficient (Wildman–Crippen LogP) is -0.117. The Labute approximate surface area is 118 Å². The summed E-state index contributed by atoms with van der Waals surface area (Å²) in [6, 6.07) is 1.33. The zero-order valence-corrected chi connectivity index (χ0v) is 11.7. The summed E-state index contributed by atoms with van der Waals surface area (Å²) in [5, 5.41) is 8.64. The molecule has 1 aromatic rings. The van der Waals surface area contributed by atoms with E-state index >= 15 is 0 Å². The maximum atomic E-state index is 12.2. The number of hydrogen-bond donors (Lipinski definition) is 2. The number of nitrogens with zero attached hydrogens (tertiary/aromatic N) is 1. The number of aliphatic hydroxyl groups is 1. The van der Waals surface area contributed by atoms with Gasteiger partial charge in [0.1, 0.15) is 11.5 Å². The third kappa shape index (κ3) is 4.02. The topological polar surface area (TPSA) is 88.5 Å². The molecule has 108 valence electrons. The predicted molar refractivity (Wildman–Crippen MR) is 72.4 cm³/mol. The molecule has 0 amide bonds. The van der Waals surface area contributed by atoms with Crippen LogP contribution in [0, 0.1) is 11.8 Å². The summed E-state index contributed by atoms with van der Waals surface area (Å²) < 4.78 is 32.3. The second-order valence-electron chi connectivity index (χ2n) is 4.38. The average Bonchev–Trinajstić information content (AvgIpc) is 2.46. The number of aromatic nitrogens is 1. The van der Waals surface area contributed by atoms with E-state index in [0.29, 0.717) is 31.6 Å². The van der Waals surface area contributed by atoms with Crippen LogP contribution >= 0.6 is 0 Å². The molecule has 0 aliphatic carbocycles. The normalized spacial score (nSPS) is 16.4. The first kappa shape index (κ1) is 14.9. The van der Waals surface area contributed by atoms with Crippen LogP contribution in [0.1, 0.15) is 18.4 Å². The molecule has 1 fully saturated rings. The van der Waals surface area contributed by atoms with E-state index in [2.05, 4.69) is 21.5 Å². The van der Waals surface area contributed by atoms with Crippen molar-refractivity contribution in [3.8, 4) is 11.8 Å². The fraction of sp³-hybridized carbons (Fsp3) is 0.462. The Bertz CT molecular complexity index is 613. The average molecular weight is 296 g/mol. The molecule has 1 saturated heterocycles. The van der Waals surface area contributed by atoms with Crippen LogP contribution < -0.4 is 4.72 Å². The molecule has 2 N–H and O–H groups in total. The van der Waals surface area contributed by atoms with Crippen LogP contribution in [-0.4, -0.2) is 44.4 Å². The molecule has 7 heteroatoms. The Morgan fingerprint density at radius 3 is 2.85 bits per heavy atom. The van der Waals surface area contributed by atoms with Crippen molar-refractivity contribution in [1.82, 2.24) is 9.71 Å². The molecule has 2 rings (SSSR count). The van der Waals surface area contributed by atoms with Gasteiger partial charge in [0, 0.05) is 37.2 Å². The van der Waals surface area contributed by atoms with Crippen molar-refractivity contribution in [2.45, 2.75) is 23.8 Å². The van der Waals surface area contributed by atoms with E-state index in [1.165, 1.54) is 18.5 Å². The van der Waals surface area contributed by atoms with E-state index < -0.39 is 10.0 Å². The molecule has 0 atom stereocenters. The SMILES string of the molecule is O=S(=O)(NC1CCOCC1)c1cncc(C#CCO)c1. The Kier molecular flexibility index (Phi) is 5.09. The summed E-state index contributed by atoms with van der Waals surface area (Å²) in [6.45, 7) is 0.845. The Morgan fingerprint density at radius 1 is 1.40 bits per heavy atom. The molecule has 1 aliphatic rings. The quantitative estimate of drug-likeness (QED) is 0.759. The third-order valence-electron chi connectivity index (χ3n) is 2.88. The van der Waals surface area contributed by atoms with Crippen molar-refractivity contribution < 1.29 is 18.3 Å². The largest absolute Gasteiger partial charge is 0.384 e. The number of ether oxygens (including phenoxy) is 1. The maximum Gasteiger partial charge on any atom is 0.242 e. The molecule has 1 aliphatic heterocycles. The van der Waals surface area contributed by atoms with Crippen LogP contribution in [0.3, 0.4) is 0 Å². The summed E-state index contributed by atoms with van der Waals surface area (Å²) in [5.74, 6) is 5.09. The zero-order valence-electron chi connectivity index (χ0n) is 10.9. The monoisotopic (exact) mass is 296 g/mol. The molecule has 2 heterocycles. The highest BCUT2D eigenvalue weighted by Gasteiger charge is 2.22. The van der Waals surface area contributed by atoms with Gasteiger partial charge in [0.05, 0.1) is 0 Å². The van der Waals surface area contributed by atoms with Gasteiger partial charge < -0.3 is 9.84 Å². The van der Waals surface area contributed by atoms with Crippen molar-refractivity contribution in [3.05, 3.63) is 24.0 Å². The molecule has 20 heavy (non-hydrogen) atoms. The van der Waals surface area contributed by atoms with Gasteiger partial charge in [-0.2, -0.15) is 0 Å². The van der Waals surface area contributed by atoms with Gasteiger partial charge in [-0.05, 0) is 18.9 Å². The Hall–Kier alpha value is -1.46. The van der Waals surface area contributed by atoms with Crippen molar-refractivity contribution in [3.63, 3.8) is 0 Å². The van der Waals surface area contributed by atoms with E-state index in [1.807, 2.05) is 0 Å². The second kappa shape index (κ2) is 6.81. The number of aliphatic hydroxyl groups excluding tert-OH is 1. The summed E-state index contributed by atoms with van der Waals surface area (Å²) in [7, 11) is -3.61. The van der Waals surface area contributed by atoms with Gasteiger partial charge in [0.25, 0.3) is 0 Å². The number of nitrogens with one attached hydrogen (secondary N) is 1. The summed E-state index contributed by atoms with van der Waals surface area (Å²) >= 11 is 0. The van der Waals surface area contributed by atoms with Crippen LogP contribution in [0.4, 0.5) is 0 Å². The molecule has 0 bridgehead atoms. The van der Waals surface area contributed by atoms with Crippen molar-refractivity contribution in [1.29, 1.82) is 0 Å². The highest BCUT2D eigenvalue weighted by Crippen LogP contribution is 2.13. The molecule has 6 nitrogen and oxygen atoms in total.